The van der Waals surface area contributed by atoms with Crippen LogP contribution in [0.4, 0.5) is 0 Å². The van der Waals surface area contributed by atoms with Crippen LogP contribution in [0.5, 0.6) is 0 Å². The zero-order chi connectivity index (χ0) is 10.8. The van der Waals surface area contributed by atoms with Gasteiger partial charge in [0.2, 0.25) is 0 Å². The maximum absolute atomic E-state index is 4.26. The Hall–Kier alpha value is 0.799. The molecule has 4 aliphatic heterocycles. The van der Waals surface area contributed by atoms with Crippen molar-refractivity contribution in [1.82, 2.24) is 9.80 Å². The largest absolute Gasteiger partial charge is 2.00 e. The summed E-state index contributed by atoms with van der Waals surface area (Å²) < 4.78 is 0. The van der Waals surface area contributed by atoms with Crippen molar-refractivity contribution >= 4 is 0 Å². The van der Waals surface area contributed by atoms with E-state index >= 15 is 0 Å². The van der Waals surface area contributed by atoms with Crippen LogP contribution in [0.15, 0.2) is 0 Å². The minimum atomic E-state index is 0. The monoisotopic (exact) mass is 348 g/mol. The molecule has 0 N–H and O–H groups in total. The summed E-state index contributed by atoms with van der Waals surface area (Å²) in [6.07, 6.45) is 0.519. The molecule has 0 amide bonds. The molecular formula is C10H18Cu2N6. The molecule has 4 rings (SSSR count). The molecule has 8 heteroatoms. The molecule has 110 valence electrons. The van der Waals surface area contributed by atoms with E-state index in [1.165, 1.54) is 0 Å². The van der Waals surface area contributed by atoms with Crippen LogP contribution in [0.2, 0.25) is 0 Å². The molecule has 4 fully saturated rings. The number of nitrogens with zero attached hydrogens (tertiary/aromatic N) is 6. The standard InChI is InChI=1S/2C5H9N3.2Cu/c2*1-3-8-4-2-7-5(8)6-1;;/h2*5H,1-4H2;;/q2*-2;2*+2. The first-order valence-corrected chi connectivity index (χ1v) is 6.08. The molecule has 0 aromatic rings. The quantitative estimate of drug-likeness (QED) is 0.604. The summed E-state index contributed by atoms with van der Waals surface area (Å²) in [5.74, 6) is 0. The molecule has 4 aliphatic rings. The molecule has 4 heterocycles. The molecule has 0 bridgehead atoms. The van der Waals surface area contributed by atoms with Gasteiger partial charge in [-0.2, -0.15) is 12.6 Å². The Morgan fingerprint density at radius 1 is 0.556 bits per heavy atom. The van der Waals surface area contributed by atoms with Crippen molar-refractivity contribution < 1.29 is 34.1 Å². The molecule has 2 radical (unpaired) electrons. The second kappa shape index (κ2) is 8.17. The molecule has 0 saturated carbocycles. The first-order chi connectivity index (χ1) is 7.93. The molecule has 0 aromatic heterocycles. The Morgan fingerprint density at radius 3 is 1.06 bits per heavy atom. The predicted octanol–water partition coefficient (Wildman–Crippen LogP) is 0.688. The van der Waals surface area contributed by atoms with Gasteiger partial charge in [-0.1, -0.05) is 0 Å². The van der Waals surface area contributed by atoms with E-state index in [1.807, 2.05) is 0 Å². The third-order valence-electron chi connectivity index (χ3n) is 3.37. The first-order valence-electron chi connectivity index (χ1n) is 6.08. The van der Waals surface area contributed by atoms with Gasteiger partial charge in [0.15, 0.2) is 0 Å². The topological polar surface area (TPSA) is 62.9 Å². The minimum Gasteiger partial charge on any atom is -0.665 e. The Morgan fingerprint density at radius 2 is 0.833 bits per heavy atom. The maximum Gasteiger partial charge on any atom is 2.00 e. The summed E-state index contributed by atoms with van der Waals surface area (Å²) in [6, 6.07) is 0. The molecular weight excluding hydrogens is 331 g/mol. The fourth-order valence-electron chi connectivity index (χ4n) is 2.47. The third kappa shape index (κ3) is 3.90. The van der Waals surface area contributed by atoms with Gasteiger partial charge in [0.1, 0.15) is 0 Å². The average Bonchev–Trinajstić information content (AvgIpc) is 2.99. The first kappa shape index (κ1) is 16.9. The zero-order valence-electron chi connectivity index (χ0n) is 10.1. The van der Waals surface area contributed by atoms with Crippen LogP contribution in [0.3, 0.4) is 0 Å². The van der Waals surface area contributed by atoms with Crippen molar-refractivity contribution in [3.05, 3.63) is 21.3 Å². The summed E-state index contributed by atoms with van der Waals surface area (Å²) in [7, 11) is 0. The van der Waals surface area contributed by atoms with Gasteiger partial charge in [0.05, 0.1) is 0 Å². The van der Waals surface area contributed by atoms with Crippen LogP contribution in [0.1, 0.15) is 0 Å². The van der Waals surface area contributed by atoms with E-state index < -0.39 is 0 Å². The van der Waals surface area contributed by atoms with Crippen molar-refractivity contribution in [2.75, 3.05) is 52.4 Å². The number of rotatable bonds is 0. The second-order valence-electron chi connectivity index (χ2n) is 4.39. The molecule has 6 nitrogen and oxygen atoms in total. The van der Waals surface area contributed by atoms with E-state index in [0.717, 1.165) is 52.4 Å². The molecule has 18 heavy (non-hydrogen) atoms. The van der Waals surface area contributed by atoms with Crippen LogP contribution in [0.25, 0.3) is 21.3 Å². The van der Waals surface area contributed by atoms with Gasteiger partial charge < -0.3 is 31.1 Å². The van der Waals surface area contributed by atoms with Crippen molar-refractivity contribution in [3.63, 3.8) is 0 Å². The SMILES string of the molecule is C1CN2CC[N-]C2[N-]1.C1CN2CC[N-]C2[N-]1.[Cu+2].[Cu+2]. The van der Waals surface area contributed by atoms with Crippen molar-refractivity contribution in [2.24, 2.45) is 0 Å². The van der Waals surface area contributed by atoms with Gasteiger partial charge in [0.25, 0.3) is 0 Å². The van der Waals surface area contributed by atoms with E-state index in [1.54, 1.807) is 0 Å². The Bertz CT molecular complexity index is 180. The van der Waals surface area contributed by atoms with Gasteiger partial charge in [-0.3, -0.25) is 0 Å². The zero-order valence-corrected chi connectivity index (χ0v) is 12.0. The fourth-order valence-corrected chi connectivity index (χ4v) is 2.47. The smallest absolute Gasteiger partial charge is 0.665 e. The summed E-state index contributed by atoms with van der Waals surface area (Å²) in [6.45, 7) is 8.51. The molecule has 0 unspecified atom stereocenters. The van der Waals surface area contributed by atoms with Gasteiger partial charge in [0, 0.05) is 0 Å². The predicted molar refractivity (Wildman–Crippen MR) is 63.6 cm³/mol. The van der Waals surface area contributed by atoms with Crippen LogP contribution in [-0.2, 0) is 34.1 Å². The van der Waals surface area contributed by atoms with Crippen molar-refractivity contribution in [3.8, 4) is 0 Å². The van der Waals surface area contributed by atoms with E-state index in [-0.39, 0.29) is 46.7 Å². The summed E-state index contributed by atoms with van der Waals surface area (Å²) >= 11 is 0. The molecule has 4 saturated heterocycles. The summed E-state index contributed by atoms with van der Waals surface area (Å²) in [5, 5.41) is 17.0. The second-order valence-corrected chi connectivity index (χ2v) is 4.39. The van der Waals surface area contributed by atoms with E-state index in [9.17, 15) is 0 Å². The maximum atomic E-state index is 4.26. The molecule has 0 aliphatic carbocycles. The molecule has 0 aromatic carbocycles. The van der Waals surface area contributed by atoms with E-state index in [2.05, 4.69) is 31.1 Å². The number of hydrogen-bond donors (Lipinski definition) is 0. The van der Waals surface area contributed by atoms with Gasteiger partial charge >= 0.3 is 34.1 Å². The fraction of sp³-hybridized carbons (Fsp3) is 1.00. The van der Waals surface area contributed by atoms with E-state index in [4.69, 9.17) is 0 Å². The number of fused-ring (bicyclic) bond motifs is 2. The van der Waals surface area contributed by atoms with Crippen molar-refractivity contribution in [1.29, 1.82) is 0 Å². The minimum absolute atomic E-state index is 0. The van der Waals surface area contributed by atoms with Crippen LogP contribution < -0.4 is 0 Å². The van der Waals surface area contributed by atoms with E-state index in [0.29, 0.717) is 0 Å². The Labute approximate surface area is 130 Å². The normalized spacial score (nSPS) is 28.0. The third-order valence-corrected chi connectivity index (χ3v) is 3.37. The van der Waals surface area contributed by atoms with Gasteiger partial charge in [-0.25, -0.2) is 0 Å². The molecule has 0 spiro atoms. The summed E-state index contributed by atoms with van der Waals surface area (Å²) in [4.78, 5) is 4.61. The van der Waals surface area contributed by atoms with Crippen LogP contribution >= 0.6 is 0 Å². The van der Waals surface area contributed by atoms with Crippen LogP contribution in [0, 0.1) is 0 Å². The Kier molecular flexibility index (Phi) is 7.65. The van der Waals surface area contributed by atoms with Gasteiger partial charge in [-0.05, 0) is 26.2 Å². The van der Waals surface area contributed by atoms with Gasteiger partial charge in [-0.15, -0.1) is 26.2 Å². The van der Waals surface area contributed by atoms with Crippen molar-refractivity contribution in [2.45, 2.75) is 12.6 Å². The molecule has 0 atom stereocenters. The summed E-state index contributed by atoms with van der Waals surface area (Å²) in [5.41, 5.74) is 0. The number of hydrogen-bond acceptors (Lipinski definition) is 2. The Balaban J connectivity index is 0.000000162. The average molecular weight is 349 g/mol. The van der Waals surface area contributed by atoms with Crippen LogP contribution in [-0.4, -0.2) is 74.7 Å².